The Labute approximate surface area is 88.0 Å². The van der Waals surface area contributed by atoms with Crippen molar-refractivity contribution < 1.29 is 0 Å². The fourth-order valence-corrected chi connectivity index (χ4v) is 5.45. The van der Waals surface area contributed by atoms with E-state index in [1.54, 1.807) is 0 Å². The predicted octanol–water partition coefficient (Wildman–Crippen LogP) is 2.58. The molecule has 0 N–H and O–H groups in total. The van der Waals surface area contributed by atoms with Crippen molar-refractivity contribution >= 4 is 22.6 Å². The molecule has 0 unspecified atom stereocenters. The second-order valence-corrected chi connectivity index (χ2v) is 7.24. The number of rotatable bonds is 1. The van der Waals surface area contributed by atoms with Gasteiger partial charge in [0.2, 0.25) is 0 Å². The van der Waals surface area contributed by atoms with Crippen LogP contribution in [0.15, 0.2) is 0 Å². The van der Waals surface area contributed by atoms with Crippen molar-refractivity contribution in [3.63, 3.8) is 0 Å². The first-order valence-electron chi connectivity index (χ1n) is 5.17. The normalized spacial score (nSPS) is 52.8. The highest BCUT2D eigenvalue weighted by Crippen LogP contribution is 2.68. The Bertz CT molecular complexity index is 188. The van der Waals surface area contributed by atoms with Crippen molar-refractivity contribution in [3.8, 4) is 0 Å². The molecule has 1 saturated heterocycles. The van der Waals surface area contributed by atoms with Gasteiger partial charge in [-0.3, -0.25) is 4.90 Å². The maximum absolute atomic E-state index is 2.79. The van der Waals surface area contributed by atoms with Crippen LogP contribution in [0, 0.1) is 0 Å². The van der Waals surface area contributed by atoms with Gasteiger partial charge < -0.3 is 0 Å². The summed E-state index contributed by atoms with van der Waals surface area (Å²) in [5.74, 6) is 0. The molecule has 1 aliphatic heterocycles. The molecule has 12 heavy (non-hydrogen) atoms. The van der Waals surface area contributed by atoms with Gasteiger partial charge in [0.25, 0.3) is 0 Å². The predicted molar refractivity (Wildman–Crippen MR) is 58.8 cm³/mol. The molecule has 2 bridgehead atoms. The topological polar surface area (TPSA) is 3.24 Å². The lowest BCUT2D eigenvalue weighted by atomic mass is 9.48. The highest BCUT2D eigenvalue weighted by molar-refractivity contribution is 14.1. The van der Waals surface area contributed by atoms with Crippen molar-refractivity contribution in [2.45, 2.75) is 47.5 Å². The Hall–Kier alpha value is 0.690. The van der Waals surface area contributed by atoms with Crippen LogP contribution in [-0.4, -0.2) is 27.0 Å². The summed E-state index contributed by atoms with van der Waals surface area (Å²) in [6, 6.07) is 0. The summed E-state index contributed by atoms with van der Waals surface area (Å²) in [5, 5.41) is 0. The van der Waals surface area contributed by atoms with Crippen LogP contribution in [-0.2, 0) is 0 Å². The van der Waals surface area contributed by atoms with Gasteiger partial charge in [-0.15, -0.1) is 0 Å². The van der Waals surface area contributed by atoms with Gasteiger partial charge in [-0.1, -0.05) is 29.0 Å². The highest BCUT2D eigenvalue weighted by Gasteiger charge is 2.68. The average Bonchev–Trinajstić information content (AvgIpc) is 1.99. The number of piperidine rings is 1. The van der Waals surface area contributed by atoms with Gasteiger partial charge in [-0.2, -0.15) is 0 Å². The molecule has 1 heterocycles. The minimum absolute atomic E-state index is 0.724. The molecule has 0 aromatic heterocycles. The zero-order valence-corrected chi connectivity index (χ0v) is 9.64. The van der Waals surface area contributed by atoms with Crippen LogP contribution in [0.2, 0.25) is 0 Å². The van der Waals surface area contributed by atoms with Crippen LogP contribution >= 0.6 is 22.6 Å². The third kappa shape index (κ3) is 0.939. The van der Waals surface area contributed by atoms with Gasteiger partial charge in [0.15, 0.2) is 0 Å². The van der Waals surface area contributed by atoms with E-state index in [0.29, 0.717) is 0 Å². The van der Waals surface area contributed by atoms with Gasteiger partial charge in [-0.05, 0) is 45.2 Å². The van der Waals surface area contributed by atoms with Crippen molar-refractivity contribution in [2.75, 3.05) is 13.1 Å². The Morgan fingerprint density at radius 2 is 1.50 bits per heavy atom. The summed E-state index contributed by atoms with van der Waals surface area (Å²) < 4.78 is 0.759. The van der Waals surface area contributed by atoms with E-state index in [0.717, 1.165) is 8.96 Å². The maximum Gasteiger partial charge on any atom is 0.0275 e. The van der Waals surface area contributed by atoms with E-state index in [9.17, 15) is 0 Å². The Morgan fingerprint density at radius 3 is 2.00 bits per heavy atom. The molecule has 68 valence electrons. The molecular formula is C10H16IN. The first-order valence-corrected chi connectivity index (χ1v) is 6.25. The fourth-order valence-electron chi connectivity index (χ4n) is 3.32. The summed E-state index contributed by atoms with van der Waals surface area (Å²) in [4.78, 5) is 2.79. The smallest absolute Gasteiger partial charge is 0.0275 e. The zero-order valence-electron chi connectivity index (χ0n) is 7.48. The van der Waals surface area contributed by atoms with Crippen LogP contribution in [0.25, 0.3) is 0 Å². The Morgan fingerprint density at radius 1 is 0.917 bits per heavy atom. The first kappa shape index (κ1) is 8.04. The third-order valence-corrected chi connectivity index (χ3v) is 5.11. The second-order valence-electron chi connectivity index (χ2n) is 4.95. The van der Waals surface area contributed by atoms with Crippen LogP contribution in [0.5, 0.6) is 0 Å². The van der Waals surface area contributed by atoms with Gasteiger partial charge in [0, 0.05) is 8.96 Å². The van der Waals surface area contributed by atoms with E-state index in [1.165, 1.54) is 51.6 Å². The Kier molecular flexibility index (Phi) is 1.59. The lowest BCUT2D eigenvalue weighted by Gasteiger charge is -2.72. The lowest BCUT2D eigenvalue weighted by Crippen LogP contribution is -2.76. The molecule has 0 spiro atoms. The molecule has 0 aromatic carbocycles. The van der Waals surface area contributed by atoms with Crippen LogP contribution in [0.3, 0.4) is 0 Å². The molecule has 0 amide bonds. The van der Waals surface area contributed by atoms with Crippen LogP contribution in [0.4, 0.5) is 0 Å². The molecular weight excluding hydrogens is 261 g/mol. The number of likely N-dealkylation sites (tertiary alicyclic amines) is 1. The fraction of sp³-hybridized carbons (Fsp3) is 1.00. The van der Waals surface area contributed by atoms with Gasteiger partial charge in [0.1, 0.15) is 0 Å². The SMILES string of the molecule is IC12CC(N3CCCCC3)(C1)C2. The number of hydrogen-bond acceptors (Lipinski definition) is 1. The molecule has 2 heteroatoms. The summed E-state index contributed by atoms with van der Waals surface area (Å²) in [7, 11) is 0. The van der Waals surface area contributed by atoms with E-state index in [-0.39, 0.29) is 0 Å². The minimum atomic E-state index is 0.724. The quantitative estimate of drug-likeness (QED) is 0.526. The Balaban J connectivity index is 1.67. The lowest BCUT2D eigenvalue weighted by molar-refractivity contribution is -0.118. The number of hydrogen-bond donors (Lipinski definition) is 0. The summed E-state index contributed by atoms with van der Waals surface area (Å²) >= 11 is 2.67. The average molecular weight is 277 g/mol. The van der Waals surface area contributed by atoms with Gasteiger partial charge in [-0.25, -0.2) is 0 Å². The van der Waals surface area contributed by atoms with E-state index < -0.39 is 0 Å². The third-order valence-electron chi connectivity index (χ3n) is 3.96. The number of nitrogens with zero attached hydrogens (tertiary/aromatic N) is 1. The highest BCUT2D eigenvalue weighted by atomic mass is 127. The molecule has 4 rings (SSSR count). The first-order chi connectivity index (χ1) is 5.73. The monoisotopic (exact) mass is 277 g/mol. The van der Waals surface area contributed by atoms with Crippen LogP contribution in [0.1, 0.15) is 38.5 Å². The summed E-state index contributed by atoms with van der Waals surface area (Å²) in [5.41, 5.74) is 0.724. The minimum Gasteiger partial charge on any atom is -0.298 e. The molecule has 4 aliphatic rings. The van der Waals surface area contributed by atoms with E-state index in [2.05, 4.69) is 27.5 Å². The van der Waals surface area contributed by atoms with Crippen molar-refractivity contribution in [2.24, 2.45) is 0 Å². The van der Waals surface area contributed by atoms with E-state index in [4.69, 9.17) is 0 Å². The summed E-state index contributed by atoms with van der Waals surface area (Å²) in [6.07, 6.45) is 8.88. The molecule has 0 aromatic rings. The van der Waals surface area contributed by atoms with Gasteiger partial charge >= 0.3 is 0 Å². The maximum atomic E-state index is 2.79. The second kappa shape index (κ2) is 2.38. The molecule has 4 fully saturated rings. The van der Waals surface area contributed by atoms with Crippen molar-refractivity contribution in [1.29, 1.82) is 0 Å². The van der Waals surface area contributed by atoms with Crippen LogP contribution < -0.4 is 0 Å². The number of alkyl halides is 1. The standard InChI is InChI=1S/C10H16IN/c11-9-6-10(7-9,8-9)12-4-2-1-3-5-12/h1-8H2. The molecule has 1 nitrogen and oxygen atoms in total. The van der Waals surface area contributed by atoms with E-state index >= 15 is 0 Å². The molecule has 3 aliphatic carbocycles. The summed E-state index contributed by atoms with van der Waals surface area (Å²) in [6.45, 7) is 2.79. The molecule has 0 radical (unpaired) electrons. The van der Waals surface area contributed by atoms with Gasteiger partial charge in [0.05, 0.1) is 0 Å². The van der Waals surface area contributed by atoms with E-state index in [1.807, 2.05) is 0 Å². The zero-order chi connectivity index (χ0) is 8.23. The van der Waals surface area contributed by atoms with Crippen molar-refractivity contribution in [3.05, 3.63) is 0 Å². The largest absolute Gasteiger partial charge is 0.298 e. The number of halogens is 1. The van der Waals surface area contributed by atoms with Crippen molar-refractivity contribution in [1.82, 2.24) is 4.90 Å². The molecule has 3 saturated carbocycles. The molecule has 0 atom stereocenters.